The highest BCUT2D eigenvalue weighted by Gasteiger charge is 2.21. The van der Waals surface area contributed by atoms with Gasteiger partial charge in [0.1, 0.15) is 0 Å². The van der Waals surface area contributed by atoms with E-state index in [9.17, 15) is 9.59 Å². The Morgan fingerprint density at radius 1 is 1.29 bits per heavy atom. The lowest BCUT2D eigenvalue weighted by Crippen LogP contribution is -2.41. The zero-order valence-electron chi connectivity index (χ0n) is 14.1. The zero-order valence-corrected chi connectivity index (χ0v) is 14.1. The smallest absolute Gasteiger partial charge is 0.315 e. The van der Waals surface area contributed by atoms with Crippen molar-refractivity contribution in [3.8, 4) is 0 Å². The summed E-state index contributed by atoms with van der Waals surface area (Å²) in [7, 11) is 0. The monoisotopic (exact) mass is 334 g/mol. The van der Waals surface area contributed by atoms with E-state index < -0.39 is 0 Å². The number of amides is 3. The van der Waals surface area contributed by atoms with E-state index in [1.165, 1.54) is 19.3 Å². The van der Waals surface area contributed by atoms with Crippen LogP contribution in [0.2, 0.25) is 0 Å². The average Bonchev–Trinajstić information content (AvgIpc) is 2.59. The number of carbonyl (C=O) groups excluding carboxylic acids is 2. The Morgan fingerprint density at radius 2 is 2.12 bits per heavy atom. The summed E-state index contributed by atoms with van der Waals surface area (Å²) in [6.45, 7) is 3.04. The molecule has 3 N–H and O–H groups in total. The van der Waals surface area contributed by atoms with Crippen molar-refractivity contribution >= 4 is 17.6 Å². The fourth-order valence-electron chi connectivity index (χ4n) is 2.77. The molecule has 0 spiro atoms. The van der Waals surface area contributed by atoms with E-state index in [1.54, 1.807) is 24.5 Å². The third-order valence-corrected chi connectivity index (χ3v) is 4.11. The molecule has 1 aromatic heterocycles. The lowest BCUT2D eigenvalue weighted by atomic mass is 9.88. The molecule has 1 fully saturated rings. The van der Waals surface area contributed by atoms with Crippen molar-refractivity contribution in [2.24, 2.45) is 5.92 Å². The predicted octanol–water partition coefficient (Wildman–Crippen LogP) is 1.91. The number of hydrogen-bond acceptors (Lipinski definition) is 4. The van der Waals surface area contributed by atoms with Gasteiger partial charge in [0.25, 0.3) is 0 Å². The van der Waals surface area contributed by atoms with E-state index in [0.717, 1.165) is 6.42 Å². The number of hydrogen-bond donors (Lipinski definition) is 3. The highest BCUT2D eigenvalue weighted by Crippen LogP contribution is 2.25. The summed E-state index contributed by atoms with van der Waals surface area (Å²) in [6.07, 6.45) is 8.28. The van der Waals surface area contributed by atoms with Crippen LogP contribution in [0.4, 0.5) is 10.5 Å². The van der Waals surface area contributed by atoms with Crippen molar-refractivity contribution in [2.75, 3.05) is 25.0 Å². The maximum atomic E-state index is 11.7. The van der Waals surface area contributed by atoms with E-state index in [1.807, 2.05) is 0 Å². The first-order chi connectivity index (χ1) is 11.6. The Labute approximate surface area is 142 Å². The standard InChI is InChI=1S/C17H26N4O3/c1-13-5-2-3-7-15(13)24-10-9-19-17(23)20-12-16(22)21-14-6-4-8-18-11-14/h4,6,8,11,13,15H,2-3,5,7,9-10,12H2,1H3,(H,21,22)(H2,19,20,23)/t13-,15-/m1/s1. The van der Waals surface area contributed by atoms with E-state index in [-0.39, 0.29) is 18.5 Å². The molecule has 3 amide bonds. The molecule has 0 bridgehead atoms. The number of aromatic nitrogens is 1. The second-order valence-electron chi connectivity index (χ2n) is 6.07. The Morgan fingerprint density at radius 3 is 2.88 bits per heavy atom. The molecule has 2 rings (SSSR count). The minimum Gasteiger partial charge on any atom is -0.376 e. The van der Waals surface area contributed by atoms with Crippen molar-refractivity contribution in [3.05, 3.63) is 24.5 Å². The second-order valence-corrected chi connectivity index (χ2v) is 6.07. The number of ether oxygens (including phenoxy) is 1. The lowest BCUT2D eigenvalue weighted by Gasteiger charge is -2.28. The molecule has 0 saturated heterocycles. The van der Waals surface area contributed by atoms with Crippen LogP contribution in [-0.2, 0) is 9.53 Å². The first-order valence-electron chi connectivity index (χ1n) is 8.48. The molecule has 1 aromatic rings. The van der Waals surface area contributed by atoms with Crippen LogP contribution in [0.25, 0.3) is 0 Å². The van der Waals surface area contributed by atoms with Gasteiger partial charge in [0.05, 0.1) is 31.1 Å². The number of nitrogens with zero attached hydrogens (tertiary/aromatic N) is 1. The van der Waals surface area contributed by atoms with Crippen molar-refractivity contribution in [1.29, 1.82) is 0 Å². The second kappa shape index (κ2) is 9.87. The van der Waals surface area contributed by atoms with Gasteiger partial charge < -0.3 is 20.7 Å². The highest BCUT2D eigenvalue weighted by atomic mass is 16.5. The maximum Gasteiger partial charge on any atom is 0.315 e. The van der Waals surface area contributed by atoms with Crippen LogP contribution < -0.4 is 16.0 Å². The Balaban J connectivity index is 1.54. The maximum absolute atomic E-state index is 11.7. The number of rotatable bonds is 7. The van der Waals surface area contributed by atoms with Crippen LogP contribution in [0.5, 0.6) is 0 Å². The molecule has 0 unspecified atom stereocenters. The van der Waals surface area contributed by atoms with Crippen LogP contribution in [-0.4, -0.2) is 42.7 Å². The lowest BCUT2D eigenvalue weighted by molar-refractivity contribution is -0.115. The predicted molar refractivity (Wildman–Crippen MR) is 91.6 cm³/mol. The Kier molecular flexibility index (Phi) is 7.48. The van der Waals surface area contributed by atoms with Gasteiger partial charge >= 0.3 is 6.03 Å². The van der Waals surface area contributed by atoms with Gasteiger partial charge in [-0.15, -0.1) is 0 Å². The van der Waals surface area contributed by atoms with Crippen LogP contribution in [0.3, 0.4) is 0 Å². The van der Waals surface area contributed by atoms with E-state index in [2.05, 4.69) is 27.9 Å². The summed E-state index contributed by atoms with van der Waals surface area (Å²) in [6, 6.07) is 3.08. The molecule has 24 heavy (non-hydrogen) atoms. The summed E-state index contributed by atoms with van der Waals surface area (Å²) >= 11 is 0. The largest absolute Gasteiger partial charge is 0.376 e. The molecule has 1 aliphatic rings. The summed E-state index contributed by atoms with van der Waals surface area (Å²) in [4.78, 5) is 27.2. The van der Waals surface area contributed by atoms with E-state index in [4.69, 9.17) is 4.74 Å². The molecule has 2 atom stereocenters. The first-order valence-corrected chi connectivity index (χ1v) is 8.48. The zero-order chi connectivity index (χ0) is 17.2. The minimum atomic E-state index is -0.378. The summed E-state index contributed by atoms with van der Waals surface area (Å²) < 4.78 is 5.82. The van der Waals surface area contributed by atoms with E-state index in [0.29, 0.717) is 30.9 Å². The van der Waals surface area contributed by atoms with Crippen molar-refractivity contribution in [1.82, 2.24) is 15.6 Å². The third kappa shape index (κ3) is 6.54. The molecule has 7 heteroatoms. The molecular weight excluding hydrogens is 308 g/mol. The number of nitrogens with one attached hydrogen (secondary N) is 3. The molecular formula is C17H26N4O3. The summed E-state index contributed by atoms with van der Waals surface area (Å²) in [5, 5.41) is 7.84. The van der Waals surface area contributed by atoms with Gasteiger partial charge in [-0.25, -0.2) is 4.79 Å². The minimum absolute atomic E-state index is 0.0960. The van der Waals surface area contributed by atoms with Crippen LogP contribution >= 0.6 is 0 Å². The van der Waals surface area contributed by atoms with Crippen LogP contribution in [0.15, 0.2) is 24.5 Å². The Hall–Kier alpha value is -2.15. The van der Waals surface area contributed by atoms with Gasteiger partial charge in [0.2, 0.25) is 5.91 Å². The molecule has 132 valence electrons. The summed E-state index contributed by atoms with van der Waals surface area (Å²) in [5.74, 6) is 0.286. The molecule has 0 aliphatic heterocycles. The summed E-state index contributed by atoms with van der Waals surface area (Å²) in [5.41, 5.74) is 0.597. The van der Waals surface area contributed by atoms with Gasteiger partial charge in [-0.2, -0.15) is 0 Å². The number of carbonyl (C=O) groups is 2. The Bertz CT molecular complexity index is 524. The van der Waals surface area contributed by atoms with Gasteiger partial charge in [-0.1, -0.05) is 19.8 Å². The molecule has 1 heterocycles. The molecule has 0 radical (unpaired) electrons. The number of urea groups is 1. The average molecular weight is 334 g/mol. The van der Waals surface area contributed by atoms with Crippen molar-refractivity contribution in [3.63, 3.8) is 0 Å². The third-order valence-electron chi connectivity index (χ3n) is 4.11. The van der Waals surface area contributed by atoms with Gasteiger partial charge in [0.15, 0.2) is 0 Å². The molecule has 1 aliphatic carbocycles. The van der Waals surface area contributed by atoms with Gasteiger partial charge in [-0.05, 0) is 30.9 Å². The number of pyridine rings is 1. The quantitative estimate of drug-likeness (QED) is 0.664. The molecule has 0 aromatic carbocycles. The normalized spacial score (nSPS) is 20.2. The van der Waals surface area contributed by atoms with Crippen molar-refractivity contribution in [2.45, 2.75) is 38.7 Å². The highest BCUT2D eigenvalue weighted by molar-refractivity contribution is 5.94. The first kappa shape index (κ1) is 18.2. The number of anilines is 1. The van der Waals surface area contributed by atoms with Crippen LogP contribution in [0, 0.1) is 5.92 Å². The fourth-order valence-corrected chi connectivity index (χ4v) is 2.77. The molecule has 7 nitrogen and oxygen atoms in total. The SMILES string of the molecule is C[C@@H]1CCCC[C@H]1OCCNC(=O)NCC(=O)Nc1cccnc1. The van der Waals surface area contributed by atoms with Gasteiger partial charge in [0, 0.05) is 12.7 Å². The fraction of sp³-hybridized carbons (Fsp3) is 0.588. The van der Waals surface area contributed by atoms with Crippen molar-refractivity contribution < 1.29 is 14.3 Å². The van der Waals surface area contributed by atoms with E-state index >= 15 is 0 Å². The topological polar surface area (TPSA) is 92.4 Å². The molecule has 1 saturated carbocycles. The van der Waals surface area contributed by atoms with Crippen LogP contribution in [0.1, 0.15) is 32.6 Å². The van der Waals surface area contributed by atoms with Gasteiger partial charge in [-0.3, -0.25) is 9.78 Å².